The predicted octanol–water partition coefficient (Wildman–Crippen LogP) is 3.22. The van der Waals surface area contributed by atoms with E-state index in [0.717, 1.165) is 16.8 Å². The van der Waals surface area contributed by atoms with Gasteiger partial charge in [0.25, 0.3) is 0 Å². The minimum Gasteiger partial charge on any atom is -0.366 e. The summed E-state index contributed by atoms with van der Waals surface area (Å²) in [5.41, 5.74) is 10.3. The summed E-state index contributed by atoms with van der Waals surface area (Å²) in [6.07, 6.45) is 2.15. The second kappa shape index (κ2) is 5.28. The van der Waals surface area contributed by atoms with Gasteiger partial charge in [-0.15, -0.1) is 5.10 Å². The summed E-state index contributed by atoms with van der Waals surface area (Å²) in [6, 6.07) is 18.6. The van der Waals surface area contributed by atoms with Gasteiger partial charge in [0.15, 0.2) is 0 Å². The first kappa shape index (κ1) is 13.6. The van der Waals surface area contributed by atoms with Crippen molar-refractivity contribution in [2.24, 2.45) is 0 Å². The maximum Gasteiger partial charge on any atom is 0.241 e. The van der Waals surface area contributed by atoms with Crippen LogP contribution in [0, 0.1) is 6.92 Å². The molecule has 0 spiro atoms. The van der Waals surface area contributed by atoms with Crippen molar-refractivity contribution in [3.05, 3.63) is 77.4 Å². The molecule has 0 amide bonds. The molecule has 0 saturated carbocycles. The Labute approximate surface area is 134 Å². The van der Waals surface area contributed by atoms with Gasteiger partial charge in [-0.3, -0.25) is 0 Å². The van der Waals surface area contributed by atoms with E-state index in [0.29, 0.717) is 5.95 Å². The number of aryl methyl sites for hydroxylation is 1. The highest BCUT2D eigenvalue weighted by atomic mass is 15.4. The SMILES string of the molecule is Cc1ccc([C@H]2C=C(c3ccccc3)Nc3nc(N)nn32)cc1. The van der Waals surface area contributed by atoms with Crippen LogP contribution >= 0.6 is 0 Å². The zero-order valence-electron chi connectivity index (χ0n) is 12.8. The van der Waals surface area contributed by atoms with E-state index in [1.54, 1.807) is 0 Å². The van der Waals surface area contributed by atoms with Crippen molar-refractivity contribution in [1.29, 1.82) is 0 Å². The van der Waals surface area contributed by atoms with Gasteiger partial charge in [-0.05, 0) is 24.1 Å². The van der Waals surface area contributed by atoms with Crippen LogP contribution < -0.4 is 11.1 Å². The van der Waals surface area contributed by atoms with Crippen LogP contribution in [0.1, 0.15) is 22.7 Å². The third-order valence-electron chi connectivity index (χ3n) is 3.99. The van der Waals surface area contributed by atoms with E-state index in [1.807, 2.05) is 22.9 Å². The minimum atomic E-state index is -0.0353. The molecule has 4 rings (SSSR count). The zero-order valence-corrected chi connectivity index (χ0v) is 12.8. The summed E-state index contributed by atoms with van der Waals surface area (Å²) in [6.45, 7) is 2.08. The minimum absolute atomic E-state index is 0.0353. The lowest BCUT2D eigenvalue weighted by molar-refractivity contribution is 0.614. The number of anilines is 2. The molecule has 0 unspecified atom stereocenters. The molecule has 2 heterocycles. The summed E-state index contributed by atoms with van der Waals surface area (Å²) >= 11 is 0. The van der Waals surface area contributed by atoms with E-state index in [-0.39, 0.29) is 12.0 Å². The van der Waals surface area contributed by atoms with Gasteiger partial charge in [0, 0.05) is 5.70 Å². The van der Waals surface area contributed by atoms with Crippen LogP contribution in [0.3, 0.4) is 0 Å². The molecular weight excluding hydrogens is 286 g/mol. The molecule has 5 nitrogen and oxygen atoms in total. The van der Waals surface area contributed by atoms with E-state index < -0.39 is 0 Å². The van der Waals surface area contributed by atoms with Crippen LogP contribution in [0.5, 0.6) is 0 Å². The van der Waals surface area contributed by atoms with Crippen molar-refractivity contribution in [3.8, 4) is 0 Å². The summed E-state index contributed by atoms with van der Waals surface area (Å²) in [5.74, 6) is 0.932. The molecule has 2 aromatic carbocycles. The molecule has 1 aliphatic heterocycles. The Hall–Kier alpha value is -3.08. The molecule has 0 bridgehead atoms. The lowest BCUT2D eigenvalue weighted by atomic mass is 10.0. The Bertz CT molecular complexity index is 862. The number of hydrogen-bond acceptors (Lipinski definition) is 4. The number of rotatable bonds is 2. The maximum absolute atomic E-state index is 5.80. The smallest absolute Gasteiger partial charge is 0.241 e. The quantitative estimate of drug-likeness (QED) is 0.762. The van der Waals surface area contributed by atoms with E-state index in [1.165, 1.54) is 5.56 Å². The van der Waals surface area contributed by atoms with Crippen molar-refractivity contribution in [3.63, 3.8) is 0 Å². The summed E-state index contributed by atoms with van der Waals surface area (Å²) in [4.78, 5) is 4.30. The van der Waals surface area contributed by atoms with E-state index in [9.17, 15) is 0 Å². The molecule has 5 heteroatoms. The zero-order chi connectivity index (χ0) is 15.8. The number of nitrogens with two attached hydrogens (primary N) is 1. The summed E-state index contributed by atoms with van der Waals surface area (Å²) < 4.78 is 1.83. The van der Waals surface area contributed by atoms with Crippen molar-refractivity contribution in [2.75, 3.05) is 11.1 Å². The third kappa shape index (κ3) is 2.46. The number of hydrogen-bond donors (Lipinski definition) is 2. The van der Waals surface area contributed by atoms with Crippen LogP contribution in [0.15, 0.2) is 60.7 Å². The average molecular weight is 303 g/mol. The molecule has 0 saturated heterocycles. The third-order valence-corrected chi connectivity index (χ3v) is 3.99. The molecule has 1 aliphatic rings. The van der Waals surface area contributed by atoms with Gasteiger partial charge < -0.3 is 11.1 Å². The molecule has 3 N–H and O–H groups in total. The number of benzene rings is 2. The van der Waals surface area contributed by atoms with E-state index in [4.69, 9.17) is 5.73 Å². The first-order chi connectivity index (χ1) is 11.2. The molecule has 1 atom stereocenters. The number of nitrogens with one attached hydrogen (secondary N) is 1. The first-order valence-electron chi connectivity index (χ1n) is 7.53. The lowest BCUT2D eigenvalue weighted by Gasteiger charge is -2.24. The Morgan fingerprint density at radius 2 is 1.78 bits per heavy atom. The standard InChI is InChI=1S/C18H17N5/c1-12-7-9-14(10-8-12)16-11-15(13-5-3-2-4-6-13)20-18-21-17(19)22-23(16)18/h2-11,16H,1H3,(H3,19,20,21,22)/t16-/m1/s1. The van der Waals surface area contributed by atoms with Gasteiger partial charge in [-0.1, -0.05) is 60.2 Å². The highest BCUT2D eigenvalue weighted by Gasteiger charge is 2.24. The van der Waals surface area contributed by atoms with Crippen LogP contribution in [0.2, 0.25) is 0 Å². The highest BCUT2D eigenvalue weighted by Crippen LogP contribution is 2.32. The van der Waals surface area contributed by atoms with Crippen molar-refractivity contribution >= 4 is 17.6 Å². The number of fused-ring (bicyclic) bond motifs is 1. The number of nitrogens with zero attached hydrogens (tertiary/aromatic N) is 3. The Balaban J connectivity index is 1.83. The normalized spacial score (nSPS) is 16.4. The molecule has 0 aliphatic carbocycles. The number of nitrogen functional groups attached to an aromatic ring is 1. The maximum atomic E-state index is 5.80. The van der Waals surface area contributed by atoms with Crippen molar-refractivity contribution < 1.29 is 0 Å². The van der Waals surface area contributed by atoms with Gasteiger partial charge in [0.05, 0.1) is 0 Å². The Morgan fingerprint density at radius 1 is 1.04 bits per heavy atom. The largest absolute Gasteiger partial charge is 0.366 e. The summed E-state index contributed by atoms with van der Waals surface area (Å²) in [5, 5.41) is 7.65. The van der Waals surface area contributed by atoms with Crippen LogP contribution in [-0.2, 0) is 0 Å². The van der Waals surface area contributed by atoms with Crippen LogP contribution in [0.25, 0.3) is 5.70 Å². The number of allylic oxidation sites excluding steroid dienone is 1. The predicted molar refractivity (Wildman–Crippen MR) is 91.8 cm³/mol. The average Bonchev–Trinajstić information content (AvgIpc) is 2.96. The molecule has 3 aromatic rings. The Morgan fingerprint density at radius 3 is 2.52 bits per heavy atom. The van der Waals surface area contributed by atoms with Gasteiger partial charge in [-0.25, -0.2) is 4.68 Å². The molecule has 0 radical (unpaired) electrons. The van der Waals surface area contributed by atoms with E-state index >= 15 is 0 Å². The van der Waals surface area contributed by atoms with Gasteiger partial charge in [0.2, 0.25) is 11.9 Å². The Kier molecular flexibility index (Phi) is 3.12. The topological polar surface area (TPSA) is 68.8 Å². The van der Waals surface area contributed by atoms with Crippen LogP contribution in [0.4, 0.5) is 11.9 Å². The fourth-order valence-corrected chi connectivity index (χ4v) is 2.80. The second-order valence-electron chi connectivity index (χ2n) is 5.67. The monoisotopic (exact) mass is 303 g/mol. The fourth-order valence-electron chi connectivity index (χ4n) is 2.80. The molecule has 114 valence electrons. The first-order valence-corrected chi connectivity index (χ1v) is 7.53. The second-order valence-corrected chi connectivity index (χ2v) is 5.67. The molecule has 0 fully saturated rings. The van der Waals surface area contributed by atoms with Gasteiger partial charge in [0.1, 0.15) is 6.04 Å². The van der Waals surface area contributed by atoms with E-state index in [2.05, 4.69) is 64.8 Å². The molecule has 1 aromatic heterocycles. The fraction of sp³-hybridized carbons (Fsp3) is 0.111. The van der Waals surface area contributed by atoms with Crippen LogP contribution in [-0.4, -0.2) is 14.8 Å². The van der Waals surface area contributed by atoms with Gasteiger partial charge >= 0.3 is 0 Å². The summed E-state index contributed by atoms with van der Waals surface area (Å²) in [7, 11) is 0. The lowest BCUT2D eigenvalue weighted by Crippen LogP contribution is -2.20. The van der Waals surface area contributed by atoms with Crippen molar-refractivity contribution in [1.82, 2.24) is 14.8 Å². The van der Waals surface area contributed by atoms with Gasteiger partial charge in [-0.2, -0.15) is 4.98 Å². The molecular formula is C18H17N5. The van der Waals surface area contributed by atoms with Crippen molar-refractivity contribution in [2.45, 2.75) is 13.0 Å². The highest BCUT2D eigenvalue weighted by molar-refractivity contribution is 5.77. The molecule has 23 heavy (non-hydrogen) atoms. The number of aromatic nitrogens is 3.